The smallest absolute Gasteiger partial charge is 0.325 e. The van der Waals surface area contributed by atoms with E-state index in [1.165, 1.54) is 0 Å². The molecule has 1 aliphatic rings. The number of hydrogen-bond donors (Lipinski definition) is 1. The van der Waals surface area contributed by atoms with Gasteiger partial charge in [0, 0.05) is 24.5 Å². The van der Waals surface area contributed by atoms with E-state index in [0.29, 0.717) is 13.1 Å². The Balaban J connectivity index is 1.64. The van der Waals surface area contributed by atoms with E-state index >= 15 is 0 Å². The van der Waals surface area contributed by atoms with Crippen LogP contribution in [-0.4, -0.2) is 43.6 Å². The maximum Gasteiger partial charge on any atom is 0.325 e. The van der Waals surface area contributed by atoms with E-state index in [0.717, 1.165) is 33.8 Å². The Hall–Kier alpha value is -3.02. The van der Waals surface area contributed by atoms with Crippen molar-refractivity contribution >= 4 is 23.3 Å². The standard InChI is InChI=1S/C21H25N3O3/c1-14-11-15(2)20(16(3)12-14)22-19(25)13-23-9-10-24(21(23)26)17-5-7-18(27-4)8-6-17/h5-8,11-12H,9-10,13H2,1-4H3,(H,22,25). The quantitative estimate of drug-likeness (QED) is 0.880. The third-order valence-corrected chi connectivity index (χ3v) is 4.75. The van der Waals surface area contributed by atoms with Crippen LogP contribution in [0.4, 0.5) is 16.2 Å². The first-order chi connectivity index (χ1) is 12.9. The summed E-state index contributed by atoms with van der Waals surface area (Å²) in [6.07, 6.45) is 0. The molecule has 27 heavy (non-hydrogen) atoms. The van der Waals surface area contributed by atoms with Gasteiger partial charge in [0.25, 0.3) is 0 Å². The molecule has 3 amide bonds. The molecule has 0 spiro atoms. The van der Waals surface area contributed by atoms with Crippen LogP contribution in [0.1, 0.15) is 16.7 Å². The highest BCUT2D eigenvalue weighted by Crippen LogP contribution is 2.24. The second-order valence-electron chi connectivity index (χ2n) is 6.88. The summed E-state index contributed by atoms with van der Waals surface area (Å²) in [4.78, 5) is 28.4. The van der Waals surface area contributed by atoms with Crippen molar-refractivity contribution < 1.29 is 14.3 Å². The van der Waals surface area contributed by atoms with Gasteiger partial charge in [-0.05, 0) is 56.2 Å². The summed E-state index contributed by atoms with van der Waals surface area (Å²) in [7, 11) is 1.60. The summed E-state index contributed by atoms with van der Waals surface area (Å²) in [5.74, 6) is 0.556. The molecule has 1 heterocycles. The van der Waals surface area contributed by atoms with E-state index in [1.807, 2.05) is 57.2 Å². The van der Waals surface area contributed by atoms with Crippen molar-refractivity contribution in [3.05, 3.63) is 53.1 Å². The Kier molecular flexibility index (Phi) is 5.35. The van der Waals surface area contributed by atoms with Crippen LogP contribution in [0.25, 0.3) is 0 Å². The highest BCUT2D eigenvalue weighted by molar-refractivity contribution is 6.00. The van der Waals surface area contributed by atoms with E-state index in [-0.39, 0.29) is 18.5 Å². The molecule has 1 aliphatic heterocycles. The van der Waals surface area contributed by atoms with Gasteiger partial charge in [-0.3, -0.25) is 9.69 Å². The minimum Gasteiger partial charge on any atom is -0.497 e. The first-order valence-electron chi connectivity index (χ1n) is 8.97. The summed E-state index contributed by atoms with van der Waals surface area (Å²) < 4.78 is 5.15. The zero-order valence-corrected chi connectivity index (χ0v) is 16.2. The first-order valence-corrected chi connectivity index (χ1v) is 8.97. The summed E-state index contributed by atoms with van der Waals surface area (Å²) in [6.45, 7) is 7.09. The van der Waals surface area contributed by atoms with Crippen molar-refractivity contribution in [2.45, 2.75) is 20.8 Å². The molecule has 1 saturated heterocycles. The van der Waals surface area contributed by atoms with Crippen molar-refractivity contribution in [1.82, 2.24) is 4.90 Å². The Morgan fingerprint density at radius 2 is 1.70 bits per heavy atom. The molecule has 0 bridgehead atoms. The molecule has 2 aromatic rings. The second-order valence-corrected chi connectivity index (χ2v) is 6.88. The number of hydrogen-bond acceptors (Lipinski definition) is 3. The first kappa shape index (κ1) is 18.8. The van der Waals surface area contributed by atoms with Gasteiger partial charge in [0.15, 0.2) is 0 Å². The van der Waals surface area contributed by atoms with Gasteiger partial charge in [-0.15, -0.1) is 0 Å². The zero-order valence-electron chi connectivity index (χ0n) is 16.2. The van der Waals surface area contributed by atoms with Gasteiger partial charge in [-0.25, -0.2) is 4.79 Å². The van der Waals surface area contributed by atoms with Crippen molar-refractivity contribution in [2.24, 2.45) is 0 Å². The second kappa shape index (κ2) is 7.70. The molecule has 0 atom stereocenters. The van der Waals surface area contributed by atoms with Crippen LogP contribution in [0, 0.1) is 20.8 Å². The van der Waals surface area contributed by atoms with Gasteiger partial charge < -0.3 is 15.0 Å². The molecule has 0 aromatic heterocycles. The monoisotopic (exact) mass is 367 g/mol. The number of ether oxygens (including phenoxy) is 1. The number of nitrogens with one attached hydrogen (secondary N) is 1. The van der Waals surface area contributed by atoms with Gasteiger partial charge >= 0.3 is 6.03 Å². The maximum absolute atomic E-state index is 12.7. The lowest BCUT2D eigenvalue weighted by molar-refractivity contribution is -0.116. The lowest BCUT2D eigenvalue weighted by atomic mass is 10.1. The number of carbonyl (C=O) groups is 2. The molecule has 0 radical (unpaired) electrons. The Labute approximate surface area is 159 Å². The molecule has 2 aromatic carbocycles. The Bertz CT molecular complexity index is 838. The molecule has 0 aliphatic carbocycles. The summed E-state index contributed by atoms with van der Waals surface area (Å²) in [5.41, 5.74) is 4.83. The molecule has 0 saturated carbocycles. The molecule has 6 heteroatoms. The highest BCUT2D eigenvalue weighted by Gasteiger charge is 2.31. The van der Waals surface area contributed by atoms with Crippen LogP contribution in [0.2, 0.25) is 0 Å². The number of rotatable bonds is 5. The van der Waals surface area contributed by atoms with E-state index in [9.17, 15) is 9.59 Å². The average Bonchev–Trinajstić information content (AvgIpc) is 2.98. The molecule has 0 unspecified atom stereocenters. The fourth-order valence-corrected chi connectivity index (χ4v) is 3.46. The number of carbonyl (C=O) groups excluding carboxylic acids is 2. The number of methoxy groups -OCH3 is 1. The van der Waals surface area contributed by atoms with Crippen LogP contribution in [0.5, 0.6) is 5.75 Å². The minimum absolute atomic E-state index is 0.0399. The minimum atomic E-state index is -0.185. The van der Waals surface area contributed by atoms with Gasteiger partial charge in [-0.2, -0.15) is 0 Å². The maximum atomic E-state index is 12.7. The predicted octanol–water partition coefficient (Wildman–Crippen LogP) is 3.50. The molecule has 142 valence electrons. The number of anilines is 2. The lowest BCUT2D eigenvalue weighted by Crippen LogP contribution is -2.37. The number of nitrogens with zero attached hydrogens (tertiary/aromatic N) is 2. The van der Waals surface area contributed by atoms with Crippen LogP contribution >= 0.6 is 0 Å². The normalized spacial score (nSPS) is 13.9. The van der Waals surface area contributed by atoms with Crippen molar-refractivity contribution in [1.29, 1.82) is 0 Å². The van der Waals surface area contributed by atoms with E-state index in [2.05, 4.69) is 5.32 Å². The molecular weight excluding hydrogens is 342 g/mol. The molecule has 1 N–H and O–H groups in total. The Morgan fingerprint density at radius 1 is 1.07 bits per heavy atom. The van der Waals surface area contributed by atoms with Gasteiger partial charge in [-0.1, -0.05) is 17.7 Å². The van der Waals surface area contributed by atoms with Crippen LogP contribution < -0.4 is 15.0 Å². The number of amides is 3. The summed E-state index contributed by atoms with van der Waals surface area (Å²) in [6, 6.07) is 11.2. The van der Waals surface area contributed by atoms with Crippen LogP contribution in [0.15, 0.2) is 36.4 Å². The SMILES string of the molecule is COc1ccc(N2CCN(CC(=O)Nc3c(C)cc(C)cc3C)C2=O)cc1. The fourth-order valence-electron chi connectivity index (χ4n) is 3.46. The highest BCUT2D eigenvalue weighted by atomic mass is 16.5. The average molecular weight is 367 g/mol. The van der Waals surface area contributed by atoms with Gasteiger partial charge in [0.1, 0.15) is 12.3 Å². The van der Waals surface area contributed by atoms with Gasteiger partial charge in [0.2, 0.25) is 5.91 Å². The number of urea groups is 1. The topological polar surface area (TPSA) is 61.9 Å². The fraction of sp³-hybridized carbons (Fsp3) is 0.333. The van der Waals surface area contributed by atoms with Crippen molar-refractivity contribution in [2.75, 3.05) is 37.0 Å². The van der Waals surface area contributed by atoms with E-state index in [1.54, 1.807) is 16.9 Å². The third-order valence-electron chi connectivity index (χ3n) is 4.75. The number of aryl methyl sites for hydroxylation is 3. The van der Waals surface area contributed by atoms with Gasteiger partial charge in [0.05, 0.1) is 7.11 Å². The molecule has 3 rings (SSSR count). The number of benzene rings is 2. The molecular formula is C21H25N3O3. The largest absolute Gasteiger partial charge is 0.497 e. The summed E-state index contributed by atoms with van der Waals surface area (Å²) in [5, 5.41) is 2.95. The van der Waals surface area contributed by atoms with E-state index < -0.39 is 0 Å². The van der Waals surface area contributed by atoms with E-state index in [4.69, 9.17) is 4.74 Å². The van der Waals surface area contributed by atoms with Crippen molar-refractivity contribution in [3.8, 4) is 5.75 Å². The molecule has 1 fully saturated rings. The lowest BCUT2D eigenvalue weighted by Gasteiger charge is -2.19. The zero-order chi connectivity index (χ0) is 19.6. The van der Waals surface area contributed by atoms with Crippen LogP contribution in [0.3, 0.4) is 0 Å². The van der Waals surface area contributed by atoms with Crippen LogP contribution in [-0.2, 0) is 4.79 Å². The molecule has 6 nitrogen and oxygen atoms in total. The Morgan fingerprint density at radius 3 is 2.30 bits per heavy atom. The predicted molar refractivity (Wildman–Crippen MR) is 107 cm³/mol. The van der Waals surface area contributed by atoms with Crippen molar-refractivity contribution in [3.63, 3.8) is 0 Å². The summed E-state index contributed by atoms with van der Waals surface area (Å²) >= 11 is 0. The third kappa shape index (κ3) is 4.05.